The van der Waals surface area contributed by atoms with Crippen LogP contribution >= 0.6 is 0 Å². The molecule has 3 aromatic carbocycles. The molecule has 2 amide bonds. The molecule has 1 heterocycles. The summed E-state index contributed by atoms with van der Waals surface area (Å²) < 4.78 is 5.53. The van der Waals surface area contributed by atoms with Gasteiger partial charge < -0.3 is 4.74 Å². The molecule has 0 bridgehead atoms. The van der Waals surface area contributed by atoms with Crippen molar-refractivity contribution >= 4 is 17.5 Å². The van der Waals surface area contributed by atoms with E-state index in [0.717, 1.165) is 16.7 Å². The number of rotatable bonds is 5. The van der Waals surface area contributed by atoms with Gasteiger partial charge in [-0.2, -0.15) is 0 Å². The SMILES string of the molecule is Cc1cccc(C)c1N(C(=O)c1ccccc1)C(=O)[C@H](c1ccccc1)N1CCOCC1. The van der Waals surface area contributed by atoms with E-state index in [9.17, 15) is 9.59 Å². The van der Waals surface area contributed by atoms with E-state index in [0.29, 0.717) is 37.6 Å². The van der Waals surface area contributed by atoms with Crippen LogP contribution in [0.4, 0.5) is 5.69 Å². The van der Waals surface area contributed by atoms with Crippen LogP contribution in [0.15, 0.2) is 78.9 Å². The Kier molecular flexibility index (Phi) is 6.78. The third-order valence-corrected chi connectivity index (χ3v) is 5.87. The van der Waals surface area contributed by atoms with Gasteiger partial charge in [-0.3, -0.25) is 14.5 Å². The van der Waals surface area contributed by atoms with E-state index < -0.39 is 6.04 Å². The number of ether oxygens (including phenoxy) is 1. The lowest BCUT2D eigenvalue weighted by molar-refractivity contribution is -0.125. The predicted molar refractivity (Wildman–Crippen MR) is 126 cm³/mol. The van der Waals surface area contributed by atoms with Crippen molar-refractivity contribution in [1.82, 2.24) is 4.90 Å². The van der Waals surface area contributed by atoms with E-state index >= 15 is 0 Å². The summed E-state index contributed by atoms with van der Waals surface area (Å²) in [6, 6.07) is 23.9. The molecule has 0 unspecified atom stereocenters. The van der Waals surface area contributed by atoms with E-state index in [1.54, 1.807) is 12.1 Å². The van der Waals surface area contributed by atoms with Crippen LogP contribution in [0.1, 0.15) is 33.1 Å². The molecule has 0 spiro atoms. The van der Waals surface area contributed by atoms with Crippen molar-refractivity contribution < 1.29 is 14.3 Å². The fourth-order valence-electron chi connectivity index (χ4n) is 4.28. The fraction of sp³-hybridized carbons (Fsp3) is 0.259. The number of carbonyl (C=O) groups excluding carboxylic acids is 2. The second-order valence-electron chi connectivity index (χ2n) is 8.05. The fourth-order valence-corrected chi connectivity index (χ4v) is 4.28. The summed E-state index contributed by atoms with van der Waals surface area (Å²) in [7, 11) is 0. The van der Waals surface area contributed by atoms with Gasteiger partial charge >= 0.3 is 0 Å². The monoisotopic (exact) mass is 428 g/mol. The van der Waals surface area contributed by atoms with Gasteiger partial charge in [0, 0.05) is 18.7 Å². The maximum Gasteiger partial charge on any atom is 0.265 e. The van der Waals surface area contributed by atoms with E-state index in [-0.39, 0.29) is 11.8 Å². The molecular formula is C27H28N2O3. The van der Waals surface area contributed by atoms with Crippen LogP contribution < -0.4 is 4.90 Å². The van der Waals surface area contributed by atoms with Gasteiger partial charge in [0.05, 0.1) is 18.9 Å². The lowest BCUT2D eigenvalue weighted by Gasteiger charge is -2.37. The van der Waals surface area contributed by atoms with Crippen molar-refractivity contribution in [3.05, 3.63) is 101 Å². The molecule has 1 saturated heterocycles. The Labute approximate surface area is 189 Å². The lowest BCUT2D eigenvalue weighted by Crippen LogP contribution is -2.49. The molecule has 0 radical (unpaired) electrons. The molecule has 32 heavy (non-hydrogen) atoms. The van der Waals surface area contributed by atoms with Crippen molar-refractivity contribution in [1.29, 1.82) is 0 Å². The van der Waals surface area contributed by atoms with Crippen LogP contribution in [0, 0.1) is 13.8 Å². The van der Waals surface area contributed by atoms with Crippen molar-refractivity contribution in [2.75, 3.05) is 31.2 Å². The highest BCUT2D eigenvalue weighted by Crippen LogP contribution is 2.32. The van der Waals surface area contributed by atoms with Gasteiger partial charge in [0.1, 0.15) is 6.04 Å². The first kappa shape index (κ1) is 21.9. The van der Waals surface area contributed by atoms with E-state index in [4.69, 9.17) is 4.74 Å². The number of para-hydroxylation sites is 1. The van der Waals surface area contributed by atoms with Gasteiger partial charge in [-0.05, 0) is 42.7 Å². The van der Waals surface area contributed by atoms with Gasteiger partial charge in [0.15, 0.2) is 0 Å². The Morgan fingerprint density at radius 2 is 1.38 bits per heavy atom. The summed E-state index contributed by atoms with van der Waals surface area (Å²) in [5.74, 6) is -0.563. The third-order valence-electron chi connectivity index (χ3n) is 5.87. The van der Waals surface area contributed by atoms with Crippen molar-refractivity contribution in [2.45, 2.75) is 19.9 Å². The van der Waals surface area contributed by atoms with Gasteiger partial charge in [-0.25, -0.2) is 4.90 Å². The minimum Gasteiger partial charge on any atom is -0.379 e. The number of benzene rings is 3. The van der Waals surface area contributed by atoms with Gasteiger partial charge in [0.25, 0.3) is 11.8 Å². The Hall–Kier alpha value is -3.28. The first-order valence-corrected chi connectivity index (χ1v) is 10.9. The number of hydrogen-bond acceptors (Lipinski definition) is 4. The number of amides is 2. The summed E-state index contributed by atoms with van der Waals surface area (Å²) in [6.45, 7) is 6.26. The van der Waals surface area contributed by atoms with Crippen molar-refractivity contribution in [2.24, 2.45) is 0 Å². The topological polar surface area (TPSA) is 49.9 Å². The smallest absolute Gasteiger partial charge is 0.265 e. The van der Waals surface area contributed by atoms with E-state index in [1.807, 2.05) is 80.6 Å². The largest absolute Gasteiger partial charge is 0.379 e. The van der Waals surface area contributed by atoms with E-state index in [2.05, 4.69) is 4.90 Å². The standard InChI is InChI=1S/C27H28N2O3/c1-20-10-9-11-21(2)24(20)29(26(30)23-14-7-4-8-15-23)27(31)25(22-12-5-3-6-13-22)28-16-18-32-19-17-28/h3-15,25H,16-19H2,1-2H3/t25-/m0/s1. The molecule has 164 valence electrons. The Bertz CT molecular complexity index is 1060. The van der Waals surface area contributed by atoms with Crippen LogP contribution in [-0.2, 0) is 9.53 Å². The quantitative estimate of drug-likeness (QED) is 0.598. The average molecular weight is 429 g/mol. The van der Waals surface area contributed by atoms with Gasteiger partial charge in [-0.1, -0.05) is 66.7 Å². The van der Waals surface area contributed by atoms with Crippen molar-refractivity contribution in [3.8, 4) is 0 Å². The highest BCUT2D eigenvalue weighted by atomic mass is 16.5. The first-order chi connectivity index (χ1) is 15.6. The van der Waals surface area contributed by atoms with E-state index in [1.165, 1.54) is 4.90 Å². The summed E-state index contributed by atoms with van der Waals surface area (Å²) in [5, 5.41) is 0. The molecular weight excluding hydrogens is 400 g/mol. The molecule has 4 rings (SSSR count). The summed E-state index contributed by atoms with van der Waals surface area (Å²) in [6.07, 6.45) is 0. The summed E-state index contributed by atoms with van der Waals surface area (Å²) >= 11 is 0. The molecule has 5 nitrogen and oxygen atoms in total. The van der Waals surface area contributed by atoms with Gasteiger partial charge in [-0.15, -0.1) is 0 Å². The molecule has 5 heteroatoms. The van der Waals surface area contributed by atoms with Crippen LogP contribution in [0.25, 0.3) is 0 Å². The number of morpholine rings is 1. The summed E-state index contributed by atoms with van der Waals surface area (Å²) in [4.78, 5) is 31.6. The highest BCUT2D eigenvalue weighted by molar-refractivity contribution is 6.23. The van der Waals surface area contributed by atoms with Gasteiger partial charge in [0.2, 0.25) is 0 Å². The minimum absolute atomic E-state index is 0.246. The number of carbonyl (C=O) groups is 2. The number of aryl methyl sites for hydroxylation is 2. The molecule has 0 N–H and O–H groups in total. The maximum atomic E-state index is 14.3. The molecule has 0 saturated carbocycles. The Morgan fingerprint density at radius 1 is 0.812 bits per heavy atom. The van der Waals surface area contributed by atoms with Crippen LogP contribution in [0.5, 0.6) is 0 Å². The zero-order valence-corrected chi connectivity index (χ0v) is 18.5. The molecule has 1 atom stereocenters. The molecule has 3 aromatic rings. The van der Waals surface area contributed by atoms with Crippen LogP contribution in [-0.4, -0.2) is 43.0 Å². The highest BCUT2D eigenvalue weighted by Gasteiger charge is 2.37. The average Bonchev–Trinajstić information content (AvgIpc) is 2.83. The molecule has 1 fully saturated rings. The number of imide groups is 1. The van der Waals surface area contributed by atoms with Crippen LogP contribution in [0.3, 0.4) is 0 Å². The molecule has 1 aliphatic rings. The van der Waals surface area contributed by atoms with Crippen molar-refractivity contribution in [3.63, 3.8) is 0 Å². The Morgan fingerprint density at radius 3 is 1.97 bits per heavy atom. The second-order valence-corrected chi connectivity index (χ2v) is 8.05. The molecule has 0 aromatic heterocycles. The first-order valence-electron chi connectivity index (χ1n) is 10.9. The number of nitrogens with zero attached hydrogens (tertiary/aromatic N) is 2. The predicted octanol–water partition coefficient (Wildman–Crippen LogP) is 4.55. The normalized spacial score (nSPS) is 15.2. The zero-order valence-electron chi connectivity index (χ0n) is 18.5. The zero-order chi connectivity index (χ0) is 22.5. The minimum atomic E-state index is -0.577. The number of anilines is 1. The van der Waals surface area contributed by atoms with Crippen LogP contribution in [0.2, 0.25) is 0 Å². The lowest BCUT2D eigenvalue weighted by atomic mass is 10.00. The number of hydrogen-bond donors (Lipinski definition) is 0. The third kappa shape index (κ3) is 4.49. The molecule has 0 aliphatic carbocycles. The summed E-state index contributed by atoms with van der Waals surface area (Å²) in [5.41, 5.74) is 3.78. The Balaban J connectivity index is 1.84. The second kappa shape index (κ2) is 9.90. The maximum absolute atomic E-state index is 14.3. The molecule has 1 aliphatic heterocycles.